The summed E-state index contributed by atoms with van der Waals surface area (Å²) < 4.78 is 5.67. The van der Waals surface area contributed by atoms with Crippen LogP contribution < -0.4 is 5.32 Å². The zero-order valence-corrected chi connectivity index (χ0v) is 12.9. The molecule has 0 aromatic heterocycles. The van der Waals surface area contributed by atoms with Gasteiger partial charge < -0.3 is 15.0 Å². The van der Waals surface area contributed by atoms with Gasteiger partial charge in [0, 0.05) is 31.8 Å². The number of nitrogens with one attached hydrogen (secondary N) is 1. The number of nitrogens with zero attached hydrogens (tertiary/aromatic N) is 1. The molecule has 0 amide bonds. The minimum Gasteiger partial charge on any atom is -0.381 e. The quantitative estimate of drug-likeness (QED) is 0.685. The minimum atomic E-state index is 0.375. The lowest BCUT2D eigenvalue weighted by Crippen LogP contribution is -2.51. The fourth-order valence-electron chi connectivity index (χ4n) is 3.20. The molecule has 0 radical (unpaired) electrons. The van der Waals surface area contributed by atoms with Crippen LogP contribution in [0.2, 0.25) is 0 Å². The van der Waals surface area contributed by atoms with Crippen molar-refractivity contribution in [1.82, 2.24) is 10.2 Å². The fourth-order valence-corrected chi connectivity index (χ4v) is 3.20. The summed E-state index contributed by atoms with van der Waals surface area (Å²) >= 11 is 0. The van der Waals surface area contributed by atoms with Crippen LogP contribution >= 0.6 is 0 Å². The predicted octanol–water partition coefficient (Wildman–Crippen LogP) is 2.66. The molecule has 1 atom stereocenters. The summed E-state index contributed by atoms with van der Waals surface area (Å²) in [4.78, 5) is 2.65. The van der Waals surface area contributed by atoms with E-state index in [2.05, 4.69) is 24.1 Å². The second-order valence-electron chi connectivity index (χ2n) is 6.57. The Kier molecular flexibility index (Phi) is 6.11. The van der Waals surface area contributed by atoms with Gasteiger partial charge in [-0.3, -0.25) is 0 Å². The number of unbranched alkanes of at least 4 members (excludes halogenated alkanes) is 1. The van der Waals surface area contributed by atoms with Gasteiger partial charge in [0.25, 0.3) is 0 Å². The molecule has 2 fully saturated rings. The molecule has 1 N–H and O–H groups in total. The number of ether oxygens (including phenoxy) is 1. The van der Waals surface area contributed by atoms with Crippen molar-refractivity contribution in [3.63, 3.8) is 0 Å². The monoisotopic (exact) mass is 268 g/mol. The third-order valence-electron chi connectivity index (χ3n) is 4.62. The van der Waals surface area contributed by atoms with E-state index in [1.54, 1.807) is 0 Å². The van der Waals surface area contributed by atoms with E-state index < -0.39 is 0 Å². The van der Waals surface area contributed by atoms with E-state index in [0.717, 1.165) is 19.1 Å². The summed E-state index contributed by atoms with van der Waals surface area (Å²) in [5.74, 6) is 0.925. The second-order valence-corrected chi connectivity index (χ2v) is 6.57. The average molecular weight is 268 g/mol. The maximum atomic E-state index is 5.67. The lowest BCUT2D eigenvalue weighted by atomic mass is 9.95. The fraction of sp³-hybridized carbons (Fsp3) is 1.00. The summed E-state index contributed by atoms with van der Waals surface area (Å²) in [6.07, 6.45) is 7.77. The molecular formula is C16H32N2O. The lowest BCUT2D eigenvalue weighted by Gasteiger charge is -2.34. The van der Waals surface area contributed by atoms with Crippen LogP contribution in [0.25, 0.3) is 0 Å². The predicted molar refractivity (Wildman–Crippen MR) is 80.5 cm³/mol. The van der Waals surface area contributed by atoms with Gasteiger partial charge in [-0.15, -0.1) is 0 Å². The molecule has 112 valence electrons. The summed E-state index contributed by atoms with van der Waals surface area (Å²) in [7, 11) is 0. The molecule has 1 saturated heterocycles. The first-order valence-electron chi connectivity index (χ1n) is 8.30. The van der Waals surface area contributed by atoms with Gasteiger partial charge in [0.2, 0.25) is 0 Å². The van der Waals surface area contributed by atoms with Gasteiger partial charge in [-0.1, -0.05) is 13.3 Å². The van der Waals surface area contributed by atoms with Crippen LogP contribution in [0.4, 0.5) is 0 Å². The first-order chi connectivity index (χ1) is 9.24. The molecule has 2 rings (SSSR count). The maximum Gasteiger partial charge on any atom is 0.0478 e. The van der Waals surface area contributed by atoms with Crippen molar-refractivity contribution in [2.45, 2.75) is 57.9 Å². The first kappa shape index (κ1) is 15.3. The highest BCUT2D eigenvalue weighted by molar-refractivity contribution is 5.00. The molecule has 3 heteroatoms. The van der Waals surface area contributed by atoms with Crippen molar-refractivity contribution in [2.75, 3.05) is 39.4 Å². The maximum absolute atomic E-state index is 5.67. The van der Waals surface area contributed by atoms with Crippen molar-refractivity contribution >= 4 is 0 Å². The molecule has 0 spiro atoms. The van der Waals surface area contributed by atoms with E-state index in [9.17, 15) is 0 Å². The van der Waals surface area contributed by atoms with Gasteiger partial charge in [-0.2, -0.15) is 0 Å². The molecule has 0 aromatic rings. The SMILES string of the molecule is CCCCOCCCN1CCCNC(C)(C2CC2)C1. The zero-order valence-electron chi connectivity index (χ0n) is 12.9. The molecule has 0 aromatic carbocycles. The van der Waals surface area contributed by atoms with Crippen LogP contribution in [0, 0.1) is 5.92 Å². The van der Waals surface area contributed by atoms with Gasteiger partial charge >= 0.3 is 0 Å². The number of rotatable bonds is 8. The normalized spacial score (nSPS) is 29.4. The summed E-state index contributed by atoms with van der Waals surface area (Å²) in [6.45, 7) is 11.4. The molecule has 0 bridgehead atoms. The third-order valence-corrected chi connectivity index (χ3v) is 4.62. The van der Waals surface area contributed by atoms with Crippen molar-refractivity contribution in [1.29, 1.82) is 0 Å². The highest BCUT2D eigenvalue weighted by Crippen LogP contribution is 2.40. The van der Waals surface area contributed by atoms with Gasteiger partial charge in [-0.05, 0) is 58.0 Å². The Morgan fingerprint density at radius 3 is 2.79 bits per heavy atom. The molecule has 1 heterocycles. The lowest BCUT2D eigenvalue weighted by molar-refractivity contribution is 0.113. The van der Waals surface area contributed by atoms with Crippen LogP contribution in [0.5, 0.6) is 0 Å². The Morgan fingerprint density at radius 2 is 2.05 bits per heavy atom. The Hall–Kier alpha value is -0.120. The highest BCUT2D eigenvalue weighted by atomic mass is 16.5. The number of hydrogen-bond acceptors (Lipinski definition) is 3. The molecule has 1 aliphatic heterocycles. The topological polar surface area (TPSA) is 24.5 Å². The molecule has 1 aliphatic carbocycles. The van der Waals surface area contributed by atoms with E-state index in [1.807, 2.05) is 0 Å². The summed E-state index contributed by atoms with van der Waals surface area (Å²) in [6, 6.07) is 0. The zero-order chi connectivity index (χ0) is 13.6. The summed E-state index contributed by atoms with van der Waals surface area (Å²) in [5.41, 5.74) is 0.375. The molecule has 1 saturated carbocycles. The van der Waals surface area contributed by atoms with Crippen LogP contribution in [0.1, 0.15) is 52.4 Å². The Morgan fingerprint density at radius 1 is 1.26 bits per heavy atom. The first-order valence-corrected chi connectivity index (χ1v) is 8.30. The Balaban J connectivity index is 1.64. The van der Waals surface area contributed by atoms with E-state index in [0.29, 0.717) is 5.54 Å². The van der Waals surface area contributed by atoms with Crippen LogP contribution in [-0.4, -0.2) is 49.8 Å². The van der Waals surface area contributed by atoms with Crippen molar-refractivity contribution in [2.24, 2.45) is 5.92 Å². The Labute approximate surface area is 119 Å². The molecule has 2 aliphatic rings. The smallest absolute Gasteiger partial charge is 0.0478 e. The largest absolute Gasteiger partial charge is 0.381 e. The van der Waals surface area contributed by atoms with Gasteiger partial charge in [0.1, 0.15) is 0 Å². The van der Waals surface area contributed by atoms with Crippen LogP contribution in [0.3, 0.4) is 0 Å². The molecule has 19 heavy (non-hydrogen) atoms. The Bertz CT molecular complexity index is 255. The number of hydrogen-bond donors (Lipinski definition) is 1. The van der Waals surface area contributed by atoms with Crippen molar-refractivity contribution in [3.8, 4) is 0 Å². The summed E-state index contributed by atoms with van der Waals surface area (Å²) in [5, 5.41) is 3.80. The van der Waals surface area contributed by atoms with Crippen LogP contribution in [0.15, 0.2) is 0 Å². The van der Waals surface area contributed by atoms with Crippen molar-refractivity contribution in [3.05, 3.63) is 0 Å². The molecular weight excluding hydrogens is 236 g/mol. The molecule has 3 nitrogen and oxygen atoms in total. The van der Waals surface area contributed by atoms with E-state index in [4.69, 9.17) is 4.74 Å². The van der Waals surface area contributed by atoms with E-state index in [-0.39, 0.29) is 0 Å². The van der Waals surface area contributed by atoms with Gasteiger partial charge in [0.15, 0.2) is 0 Å². The van der Waals surface area contributed by atoms with E-state index >= 15 is 0 Å². The van der Waals surface area contributed by atoms with E-state index in [1.165, 1.54) is 64.7 Å². The van der Waals surface area contributed by atoms with Crippen LogP contribution in [-0.2, 0) is 4.74 Å². The average Bonchev–Trinajstić information content (AvgIpc) is 3.21. The second kappa shape index (κ2) is 7.61. The van der Waals surface area contributed by atoms with Gasteiger partial charge in [-0.25, -0.2) is 0 Å². The highest BCUT2D eigenvalue weighted by Gasteiger charge is 2.42. The standard InChI is InChI=1S/C16H32N2O/c1-3-4-12-19-13-6-11-18-10-5-9-17-16(2,14-18)15-7-8-15/h15,17H,3-14H2,1-2H3. The van der Waals surface area contributed by atoms with Crippen molar-refractivity contribution < 1.29 is 4.74 Å². The molecule has 1 unspecified atom stereocenters. The van der Waals surface area contributed by atoms with Gasteiger partial charge in [0.05, 0.1) is 0 Å². The third kappa shape index (κ3) is 5.05. The minimum absolute atomic E-state index is 0.375.